The van der Waals surface area contributed by atoms with Gasteiger partial charge in [-0.3, -0.25) is 19.3 Å². The average molecular weight is 606 g/mol. The summed E-state index contributed by atoms with van der Waals surface area (Å²) in [5.41, 5.74) is 0.553. The fraction of sp³-hybridized carbons (Fsp3) is 0.346. The average Bonchev–Trinajstić information content (AvgIpc) is 2.93. The van der Waals surface area contributed by atoms with Crippen LogP contribution in [0.3, 0.4) is 0 Å². The molecule has 0 aromatic heterocycles. The number of benzene rings is 2. The molecule has 2 aliphatic rings. The van der Waals surface area contributed by atoms with E-state index in [1.54, 1.807) is 19.1 Å². The summed E-state index contributed by atoms with van der Waals surface area (Å²) in [6.07, 6.45) is -0.418. The summed E-state index contributed by atoms with van der Waals surface area (Å²) in [4.78, 5) is 64.9. The van der Waals surface area contributed by atoms with Crippen LogP contribution in [0.2, 0.25) is 10.8 Å². The van der Waals surface area contributed by atoms with Gasteiger partial charge < -0.3 is 35.2 Å². The van der Waals surface area contributed by atoms with Crippen molar-refractivity contribution in [2.24, 2.45) is 0 Å². The van der Waals surface area contributed by atoms with Crippen LogP contribution >= 0.6 is 11.6 Å². The standard InChI is InChI=1S/C26H26BClFN3O10/c1-12-2-3-13-10-14(27(41)42-22(13)18(12)25(38)39)11-17(34)20(15-4-5-16(33)21(35)19(15)28)30-26(40)32-9-8-31(7-6-29)23(36)24(32)37/h2-5,14,20,33,35,41H,6-11H2,1H3,(H,30,40)(H,38,39)/t14-,20?/m1/s1. The Kier molecular flexibility index (Phi) is 8.92. The van der Waals surface area contributed by atoms with E-state index in [1.807, 2.05) is 0 Å². The van der Waals surface area contributed by atoms with Gasteiger partial charge in [0.1, 0.15) is 24.0 Å². The van der Waals surface area contributed by atoms with Crippen molar-refractivity contribution in [1.82, 2.24) is 15.1 Å². The fourth-order valence-electron chi connectivity index (χ4n) is 4.94. The second kappa shape index (κ2) is 12.2. The number of urea groups is 1. The number of phenolic OH excluding ortho intramolecular Hbond substituents is 2. The lowest BCUT2D eigenvalue weighted by Gasteiger charge is -2.33. The minimum atomic E-state index is -1.63. The molecule has 2 aromatic rings. The molecule has 222 valence electrons. The lowest BCUT2D eigenvalue weighted by Crippen LogP contribution is -2.59. The van der Waals surface area contributed by atoms with Crippen molar-refractivity contribution in [1.29, 1.82) is 0 Å². The number of carboxylic acids is 1. The van der Waals surface area contributed by atoms with E-state index in [9.17, 15) is 48.7 Å². The first-order chi connectivity index (χ1) is 19.8. The van der Waals surface area contributed by atoms with Crippen LogP contribution in [0.1, 0.15) is 39.5 Å². The summed E-state index contributed by atoms with van der Waals surface area (Å²) < 4.78 is 18.2. The van der Waals surface area contributed by atoms with E-state index in [2.05, 4.69) is 5.32 Å². The number of fused-ring (bicyclic) bond motifs is 1. The number of aryl methyl sites for hydroxylation is 1. The second-order valence-corrected chi connectivity index (χ2v) is 10.2. The number of hydrogen-bond acceptors (Lipinski definition) is 9. The van der Waals surface area contributed by atoms with E-state index in [4.69, 9.17) is 16.3 Å². The third-order valence-electron chi connectivity index (χ3n) is 7.18. The normalized spacial score (nSPS) is 17.4. The third kappa shape index (κ3) is 5.83. The van der Waals surface area contributed by atoms with E-state index < -0.39 is 78.2 Å². The monoisotopic (exact) mass is 605 g/mol. The predicted octanol–water partition coefficient (Wildman–Crippen LogP) is 1.59. The molecule has 42 heavy (non-hydrogen) atoms. The van der Waals surface area contributed by atoms with Crippen molar-refractivity contribution in [2.75, 3.05) is 26.3 Å². The maximum Gasteiger partial charge on any atom is 0.526 e. The summed E-state index contributed by atoms with van der Waals surface area (Å²) in [6, 6.07) is 2.58. The minimum Gasteiger partial charge on any atom is -0.535 e. The van der Waals surface area contributed by atoms with Crippen LogP contribution in [0.25, 0.3) is 0 Å². The lowest BCUT2D eigenvalue weighted by atomic mass is 9.64. The Labute approximate surface area is 243 Å². The summed E-state index contributed by atoms with van der Waals surface area (Å²) in [7, 11) is -1.61. The molecule has 2 aliphatic heterocycles. The number of halogens is 2. The highest BCUT2D eigenvalue weighted by molar-refractivity contribution is 6.47. The van der Waals surface area contributed by atoms with Crippen LogP contribution in [-0.4, -0.2) is 93.2 Å². The molecule has 4 amide bonds. The summed E-state index contributed by atoms with van der Waals surface area (Å²) in [6.45, 7) is -0.0687. The Morgan fingerprint density at radius 2 is 1.88 bits per heavy atom. The molecule has 0 radical (unpaired) electrons. The number of phenols is 2. The van der Waals surface area contributed by atoms with E-state index >= 15 is 0 Å². The Morgan fingerprint density at radius 3 is 2.55 bits per heavy atom. The number of alkyl halides is 1. The molecule has 2 heterocycles. The van der Waals surface area contributed by atoms with E-state index in [0.717, 1.165) is 17.0 Å². The number of hydrogen-bond donors (Lipinski definition) is 5. The van der Waals surface area contributed by atoms with Gasteiger partial charge in [0.2, 0.25) is 0 Å². The number of carbonyl (C=O) groups is 5. The second-order valence-electron chi connectivity index (χ2n) is 9.85. The zero-order chi connectivity index (χ0) is 30.9. The van der Waals surface area contributed by atoms with Gasteiger partial charge in [0.15, 0.2) is 17.3 Å². The maximum atomic E-state index is 13.6. The molecule has 1 unspecified atom stereocenters. The fourth-order valence-corrected chi connectivity index (χ4v) is 5.21. The molecule has 0 aliphatic carbocycles. The van der Waals surface area contributed by atoms with E-state index in [0.29, 0.717) is 16.0 Å². The SMILES string of the molecule is Cc1ccc2c(c1C(=O)O)OB(O)[C@@H](CC(=O)C(NC(=O)N1CCN(CCF)C(=O)C1=O)c1ccc(O)c(O)c1Cl)C2. The number of aromatic hydroxyl groups is 2. The minimum absolute atomic E-state index is 0.0230. The molecule has 4 rings (SSSR count). The van der Waals surface area contributed by atoms with Gasteiger partial charge in [-0.2, -0.15) is 0 Å². The van der Waals surface area contributed by atoms with Gasteiger partial charge in [0.25, 0.3) is 0 Å². The highest BCUT2D eigenvalue weighted by Crippen LogP contribution is 2.41. The first-order valence-electron chi connectivity index (χ1n) is 12.8. The molecule has 13 nitrogen and oxygen atoms in total. The molecule has 0 bridgehead atoms. The van der Waals surface area contributed by atoms with Gasteiger partial charge >= 0.3 is 30.9 Å². The smallest absolute Gasteiger partial charge is 0.526 e. The molecule has 1 fully saturated rings. The number of rotatable bonds is 8. The molecule has 2 aromatic carbocycles. The first kappa shape index (κ1) is 30.6. The Bertz CT molecular complexity index is 1470. The first-order valence-corrected chi connectivity index (χ1v) is 13.1. The number of nitrogens with one attached hydrogen (secondary N) is 1. The number of aromatic carboxylic acids is 1. The number of piperazine rings is 1. The van der Waals surface area contributed by atoms with Crippen LogP contribution in [0.4, 0.5) is 9.18 Å². The number of carbonyl (C=O) groups excluding carboxylic acids is 4. The number of amides is 4. The largest absolute Gasteiger partial charge is 0.535 e. The van der Waals surface area contributed by atoms with Gasteiger partial charge in [-0.15, -0.1) is 0 Å². The van der Waals surface area contributed by atoms with E-state index in [1.165, 1.54) is 0 Å². The number of carboxylic acid groups (broad SMARTS) is 1. The molecule has 5 N–H and O–H groups in total. The zero-order valence-corrected chi connectivity index (χ0v) is 22.9. The van der Waals surface area contributed by atoms with Crippen LogP contribution in [0.15, 0.2) is 24.3 Å². The molecule has 1 saturated heterocycles. The molecular weight excluding hydrogens is 580 g/mol. The highest BCUT2D eigenvalue weighted by Gasteiger charge is 2.42. The number of nitrogens with zero attached hydrogens (tertiary/aromatic N) is 2. The summed E-state index contributed by atoms with van der Waals surface area (Å²) in [5.74, 6) is -6.68. The third-order valence-corrected chi connectivity index (χ3v) is 7.58. The quantitative estimate of drug-likeness (QED) is 0.168. The van der Waals surface area contributed by atoms with Crippen molar-refractivity contribution in [3.8, 4) is 17.2 Å². The van der Waals surface area contributed by atoms with Gasteiger partial charge in [-0.25, -0.2) is 14.0 Å². The lowest BCUT2D eigenvalue weighted by molar-refractivity contribution is -0.153. The topological polar surface area (TPSA) is 194 Å². The summed E-state index contributed by atoms with van der Waals surface area (Å²) >= 11 is 6.19. The highest BCUT2D eigenvalue weighted by atomic mass is 35.5. The van der Waals surface area contributed by atoms with Crippen LogP contribution < -0.4 is 9.97 Å². The van der Waals surface area contributed by atoms with Crippen molar-refractivity contribution in [3.05, 3.63) is 51.5 Å². The Morgan fingerprint density at radius 1 is 1.17 bits per heavy atom. The van der Waals surface area contributed by atoms with Gasteiger partial charge in [0.05, 0.1) is 5.02 Å². The molecule has 2 atom stereocenters. The van der Waals surface area contributed by atoms with Crippen molar-refractivity contribution >= 4 is 48.3 Å². The van der Waals surface area contributed by atoms with Gasteiger partial charge in [0, 0.05) is 37.4 Å². The Hall–Kier alpha value is -4.37. The van der Waals surface area contributed by atoms with Crippen LogP contribution in [-0.2, 0) is 20.8 Å². The van der Waals surface area contributed by atoms with Crippen LogP contribution in [0, 0.1) is 6.92 Å². The number of ketones is 1. The Balaban J connectivity index is 1.61. The predicted molar refractivity (Wildman–Crippen MR) is 144 cm³/mol. The number of Topliss-reactive ketones (excluding diaryl/α,β-unsaturated/α-hetero) is 1. The molecule has 16 heteroatoms. The van der Waals surface area contributed by atoms with Crippen molar-refractivity contribution < 1.29 is 53.4 Å². The van der Waals surface area contributed by atoms with Crippen LogP contribution in [0.5, 0.6) is 17.2 Å². The van der Waals surface area contributed by atoms with Crippen molar-refractivity contribution in [2.45, 2.75) is 31.6 Å². The van der Waals surface area contributed by atoms with Gasteiger partial charge in [-0.1, -0.05) is 29.8 Å². The molecule has 0 spiro atoms. The maximum absolute atomic E-state index is 13.6. The summed E-state index contributed by atoms with van der Waals surface area (Å²) in [5, 5.41) is 42.1. The van der Waals surface area contributed by atoms with E-state index in [-0.39, 0.29) is 42.9 Å². The number of imide groups is 1. The van der Waals surface area contributed by atoms with Crippen molar-refractivity contribution in [3.63, 3.8) is 0 Å². The van der Waals surface area contributed by atoms with Gasteiger partial charge in [-0.05, 0) is 30.5 Å². The molecular formula is C26H26BClFN3O10. The zero-order valence-electron chi connectivity index (χ0n) is 22.2. The molecule has 0 saturated carbocycles.